The van der Waals surface area contributed by atoms with Gasteiger partial charge in [-0.1, -0.05) is 0 Å². The molecule has 0 radical (unpaired) electrons. The number of hydrogen-bond acceptors (Lipinski definition) is 2. The average Bonchev–Trinajstić information content (AvgIpc) is 1.41. The van der Waals surface area contributed by atoms with Gasteiger partial charge in [0.2, 0.25) is 0 Å². The van der Waals surface area contributed by atoms with Crippen molar-refractivity contribution in [2.75, 3.05) is 14.1 Å². The predicted molar refractivity (Wildman–Crippen MR) is 36.6 cm³/mol. The molecule has 4 heteroatoms. The molecule has 0 aromatic heterocycles. The summed E-state index contributed by atoms with van der Waals surface area (Å²) < 4.78 is 1.47. The maximum atomic E-state index is 5.50. The highest BCUT2D eigenvalue weighted by Crippen LogP contribution is 1.71. The van der Waals surface area contributed by atoms with Crippen LogP contribution < -0.4 is 0 Å². The van der Waals surface area contributed by atoms with Gasteiger partial charge in [0.1, 0.15) is 0 Å². The molecule has 0 rings (SSSR count). The Kier molecular flexibility index (Phi) is 36.7. The van der Waals surface area contributed by atoms with Crippen LogP contribution in [0.25, 0.3) is 0 Å². The van der Waals surface area contributed by atoms with E-state index in [9.17, 15) is 0 Å². The van der Waals surface area contributed by atoms with Crippen molar-refractivity contribution in [3.8, 4) is 0 Å². The van der Waals surface area contributed by atoms with Crippen LogP contribution in [0.3, 0.4) is 0 Å². The first-order valence-electron chi connectivity index (χ1n) is 1.42. The van der Waals surface area contributed by atoms with Gasteiger partial charge >= 0.3 is 0 Å². The first kappa shape index (κ1) is 15.7. The maximum Gasteiger partial charge on any atom is 0.00209 e. The lowest BCUT2D eigenvalue weighted by Crippen LogP contribution is -1.89. The van der Waals surface area contributed by atoms with Gasteiger partial charge < -0.3 is 5.41 Å². The maximum absolute atomic E-state index is 5.50. The molecule has 0 aromatic rings. The van der Waals surface area contributed by atoms with E-state index in [0.717, 1.165) is 0 Å². The lowest BCUT2D eigenvalue weighted by molar-refractivity contribution is 0.681. The molecular weight excluding hydrogens is 135 g/mol. The number of nitrogens with one attached hydrogen (secondary N) is 1. The van der Waals surface area contributed by atoms with Crippen molar-refractivity contribution in [3.05, 3.63) is 0 Å². The summed E-state index contributed by atoms with van der Waals surface area (Å²) in [5.74, 6) is 0. The van der Waals surface area contributed by atoms with E-state index in [1.807, 2.05) is 0 Å². The number of halogens is 2. The molecule has 0 atom stereocenters. The van der Waals surface area contributed by atoms with Crippen LogP contribution in [0.4, 0.5) is 0 Å². The molecule has 0 bridgehead atoms. The Morgan fingerprint density at radius 2 is 1.43 bits per heavy atom. The van der Waals surface area contributed by atoms with Gasteiger partial charge in [0.15, 0.2) is 0 Å². The lowest BCUT2D eigenvalue weighted by atomic mass is 11.3. The van der Waals surface area contributed by atoms with Crippen LogP contribution in [0.15, 0.2) is 0 Å². The largest absolute Gasteiger partial charge is 0.317 e. The summed E-state index contributed by atoms with van der Waals surface area (Å²) in [6, 6.07) is 0. The summed E-state index contributed by atoms with van der Waals surface area (Å²) in [5, 5.41) is 5.50. The summed E-state index contributed by atoms with van der Waals surface area (Å²) >= 11 is 5.11. The van der Waals surface area contributed by atoms with Gasteiger partial charge in [0, 0.05) is 14.1 Å². The summed E-state index contributed by atoms with van der Waals surface area (Å²) in [4.78, 5) is 0. The van der Waals surface area contributed by atoms with Gasteiger partial charge in [0.25, 0.3) is 0 Å². The third-order valence-corrected chi connectivity index (χ3v) is 0. The van der Waals surface area contributed by atoms with Crippen molar-refractivity contribution in [1.82, 2.24) is 4.42 Å². The minimum absolute atomic E-state index is 0. The standard InChI is InChI=1S/C2H6ClN.CH3N.ClH/c1-4(2)3;1-2;/h1-2H3;2H,1H2;1H. The van der Waals surface area contributed by atoms with E-state index in [-0.39, 0.29) is 12.4 Å². The topological polar surface area (TPSA) is 27.1 Å². The van der Waals surface area contributed by atoms with Crippen molar-refractivity contribution in [2.24, 2.45) is 0 Å². The van der Waals surface area contributed by atoms with Crippen LogP contribution >= 0.6 is 24.2 Å². The molecule has 0 unspecified atom stereocenters. The van der Waals surface area contributed by atoms with Crippen LogP contribution in [-0.4, -0.2) is 25.2 Å². The number of nitrogens with zero attached hydrogens (tertiary/aromatic N) is 1. The van der Waals surface area contributed by atoms with E-state index < -0.39 is 0 Å². The SMILES string of the molecule is C=N.CN(C)Cl.Cl. The zero-order valence-corrected chi connectivity index (χ0v) is 6.01. The van der Waals surface area contributed by atoms with Crippen molar-refractivity contribution >= 4 is 30.9 Å². The van der Waals surface area contributed by atoms with Crippen LogP contribution in [0.5, 0.6) is 0 Å². The van der Waals surface area contributed by atoms with Crippen LogP contribution in [0, 0.1) is 5.41 Å². The molecule has 0 amide bonds. The highest BCUT2D eigenvalue weighted by molar-refractivity contribution is 6.12. The molecule has 7 heavy (non-hydrogen) atoms. The molecule has 0 aromatic carbocycles. The highest BCUT2D eigenvalue weighted by atomic mass is 35.5. The molecule has 1 N–H and O–H groups in total. The minimum atomic E-state index is 0. The first-order chi connectivity index (χ1) is 2.73. The molecule has 0 saturated heterocycles. The van der Waals surface area contributed by atoms with Gasteiger partial charge in [-0.2, -0.15) is 0 Å². The summed E-state index contributed by atoms with van der Waals surface area (Å²) in [7, 11) is 3.53. The van der Waals surface area contributed by atoms with Gasteiger partial charge in [0.05, 0.1) is 0 Å². The molecule has 46 valence electrons. The Morgan fingerprint density at radius 1 is 1.43 bits per heavy atom. The van der Waals surface area contributed by atoms with E-state index in [1.165, 1.54) is 4.42 Å². The van der Waals surface area contributed by atoms with E-state index in [1.54, 1.807) is 14.1 Å². The first-order valence-corrected chi connectivity index (χ1v) is 1.76. The zero-order chi connectivity index (χ0) is 5.58. The zero-order valence-electron chi connectivity index (χ0n) is 4.44. The smallest absolute Gasteiger partial charge is 0.00209 e. The molecular formula is C3H10Cl2N2. The molecule has 0 heterocycles. The Labute approximate surface area is 55.5 Å². The lowest BCUT2D eigenvalue weighted by Gasteiger charge is -1.85. The quantitative estimate of drug-likeness (QED) is 0.404. The Bertz CT molecular complexity index is 22.1. The molecule has 0 aliphatic rings. The molecule has 0 aliphatic heterocycles. The van der Waals surface area contributed by atoms with Gasteiger partial charge in [-0.05, 0) is 18.5 Å². The molecule has 0 aliphatic carbocycles. The fraction of sp³-hybridized carbons (Fsp3) is 0.667. The van der Waals surface area contributed by atoms with E-state index >= 15 is 0 Å². The highest BCUT2D eigenvalue weighted by Gasteiger charge is 1.62. The second-order valence-corrected chi connectivity index (χ2v) is 1.46. The van der Waals surface area contributed by atoms with Crippen molar-refractivity contribution in [3.63, 3.8) is 0 Å². The molecule has 0 fully saturated rings. The monoisotopic (exact) mass is 144 g/mol. The summed E-state index contributed by atoms with van der Waals surface area (Å²) in [6.07, 6.45) is 0. The van der Waals surface area contributed by atoms with Gasteiger partial charge in [-0.25, -0.2) is 4.42 Å². The van der Waals surface area contributed by atoms with Crippen molar-refractivity contribution < 1.29 is 0 Å². The fourth-order valence-corrected chi connectivity index (χ4v) is 0. The van der Waals surface area contributed by atoms with Crippen LogP contribution in [0.2, 0.25) is 0 Å². The third-order valence-electron chi connectivity index (χ3n) is 0. The van der Waals surface area contributed by atoms with Crippen LogP contribution in [0.1, 0.15) is 0 Å². The van der Waals surface area contributed by atoms with Gasteiger partial charge in [-0.15, -0.1) is 12.4 Å². The normalized spacial score (nSPS) is 5.71. The summed E-state index contributed by atoms with van der Waals surface area (Å²) in [5.41, 5.74) is 0. The van der Waals surface area contributed by atoms with Crippen molar-refractivity contribution in [1.29, 1.82) is 5.41 Å². The Hall–Kier alpha value is 0.210. The minimum Gasteiger partial charge on any atom is -0.317 e. The van der Waals surface area contributed by atoms with Crippen LogP contribution in [-0.2, 0) is 0 Å². The predicted octanol–water partition coefficient (Wildman–Crippen LogP) is 1.39. The molecule has 0 saturated carbocycles. The van der Waals surface area contributed by atoms with Crippen molar-refractivity contribution in [2.45, 2.75) is 0 Å². The van der Waals surface area contributed by atoms with Gasteiger partial charge in [-0.3, -0.25) is 0 Å². The summed E-state index contributed by atoms with van der Waals surface area (Å²) in [6.45, 7) is 2.50. The number of hydrogen-bond donors (Lipinski definition) is 1. The van der Waals surface area contributed by atoms with E-state index in [0.29, 0.717) is 0 Å². The second-order valence-electron chi connectivity index (χ2n) is 0.785. The van der Waals surface area contributed by atoms with E-state index in [2.05, 4.69) is 6.72 Å². The second kappa shape index (κ2) is 16.4. The average molecular weight is 145 g/mol. The van der Waals surface area contributed by atoms with E-state index in [4.69, 9.17) is 17.2 Å². The third kappa shape index (κ3) is 2500. The number of rotatable bonds is 0. The Morgan fingerprint density at radius 3 is 1.43 bits per heavy atom. The fourth-order valence-electron chi connectivity index (χ4n) is 0. The molecule has 2 nitrogen and oxygen atoms in total. The Balaban J connectivity index is -0.0000000480. The molecule has 0 spiro atoms.